The first-order valence-corrected chi connectivity index (χ1v) is 14.4. The summed E-state index contributed by atoms with van der Waals surface area (Å²) in [6.07, 6.45) is 3.05. The van der Waals surface area contributed by atoms with Crippen LogP contribution in [0.3, 0.4) is 0 Å². The number of nitrogens with one attached hydrogen (secondary N) is 2. The highest BCUT2D eigenvalue weighted by Gasteiger charge is 2.28. The average molecular weight is 479 g/mol. The van der Waals surface area contributed by atoms with Crippen molar-refractivity contribution >= 4 is 42.8 Å². The number of anilines is 1. The van der Waals surface area contributed by atoms with E-state index in [0.717, 1.165) is 6.04 Å². The molecule has 4 N–H and O–H groups in total. The predicted molar refractivity (Wildman–Crippen MR) is 127 cm³/mol. The van der Waals surface area contributed by atoms with E-state index in [9.17, 15) is 14.4 Å². The zero-order valence-corrected chi connectivity index (χ0v) is 21.2. The van der Waals surface area contributed by atoms with Gasteiger partial charge in [-0.05, 0) is 19.9 Å². The number of ether oxygens (including phenoxy) is 2. The molecule has 0 atom stereocenters. The molecule has 0 aliphatic rings. The zero-order valence-electron chi connectivity index (χ0n) is 20.2. The van der Waals surface area contributed by atoms with Crippen molar-refractivity contribution in [3.63, 3.8) is 0 Å². The summed E-state index contributed by atoms with van der Waals surface area (Å²) in [6.45, 7) is 10.6. The van der Waals surface area contributed by atoms with Crippen LogP contribution in [0.1, 0.15) is 24.2 Å². The fraction of sp³-hybridized carbons (Fsp3) is 0.571. The van der Waals surface area contributed by atoms with Crippen molar-refractivity contribution in [2.24, 2.45) is 11.1 Å². The Labute approximate surface area is 194 Å². The van der Waals surface area contributed by atoms with Gasteiger partial charge in [-0.15, -0.1) is 0 Å². The molecule has 0 aliphatic carbocycles. The van der Waals surface area contributed by atoms with Crippen LogP contribution in [0.15, 0.2) is 12.4 Å². The van der Waals surface area contributed by atoms with E-state index in [1.165, 1.54) is 13.2 Å². The van der Waals surface area contributed by atoms with Gasteiger partial charge in [-0.3, -0.25) is 9.59 Å². The summed E-state index contributed by atoms with van der Waals surface area (Å²) in [5.41, 5.74) is 5.27. The highest BCUT2D eigenvalue weighted by atomic mass is 28.3. The number of nitrogens with two attached hydrogens (primary N) is 1. The van der Waals surface area contributed by atoms with Gasteiger partial charge >= 0.3 is 5.97 Å². The van der Waals surface area contributed by atoms with Crippen molar-refractivity contribution < 1.29 is 23.9 Å². The molecule has 0 unspecified atom stereocenters. The van der Waals surface area contributed by atoms with Crippen LogP contribution in [0.2, 0.25) is 25.7 Å². The van der Waals surface area contributed by atoms with Gasteiger partial charge in [0, 0.05) is 27.9 Å². The Balaban J connectivity index is 2.29. The summed E-state index contributed by atoms with van der Waals surface area (Å²) in [6, 6.07) is 1.00. The van der Waals surface area contributed by atoms with E-state index in [2.05, 4.69) is 40.2 Å². The molecule has 2 aromatic rings. The number of nitrogens with zero attached hydrogens (tertiary/aromatic N) is 3. The number of hydrogen-bond acceptors (Lipinski definition) is 8. The van der Waals surface area contributed by atoms with Crippen LogP contribution in [0.25, 0.3) is 11.2 Å². The van der Waals surface area contributed by atoms with Gasteiger partial charge in [-0.2, -0.15) is 0 Å². The molecule has 0 aromatic carbocycles. The van der Waals surface area contributed by atoms with Crippen LogP contribution in [-0.4, -0.2) is 67.2 Å². The Morgan fingerprint density at radius 1 is 1.24 bits per heavy atom. The minimum Gasteiger partial charge on any atom is -0.461 e. The monoisotopic (exact) mass is 478 g/mol. The molecule has 0 fully saturated rings. The van der Waals surface area contributed by atoms with Gasteiger partial charge in [0.2, 0.25) is 11.8 Å². The van der Waals surface area contributed by atoms with E-state index >= 15 is 0 Å². The average Bonchev–Trinajstić information content (AvgIpc) is 3.10. The Kier molecular flexibility index (Phi) is 8.55. The maximum absolute atomic E-state index is 12.9. The molecule has 182 valence electrons. The van der Waals surface area contributed by atoms with E-state index < -0.39 is 25.4 Å². The first-order chi connectivity index (χ1) is 15.3. The molecule has 0 spiro atoms. The van der Waals surface area contributed by atoms with Crippen molar-refractivity contribution in [3.8, 4) is 0 Å². The normalized spacial score (nSPS) is 11.9. The highest BCUT2D eigenvalue weighted by Crippen LogP contribution is 2.22. The number of carbonyl (C=O) groups is 3. The molecule has 2 amide bonds. The third kappa shape index (κ3) is 7.53. The third-order valence-electron chi connectivity index (χ3n) is 4.95. The second-order valence-electron chi connectivity index (χ2n) is 9.64. The first-order valence-electron chi connectivity index (χ1n) is 10.7. The number of fused-ring (bicyclic) bond motifs is 1. The maximum Gasteiger partial charge on any atom is 0.342 e. The molecule has 2 aromatic heterocycles. The molecule has 2 heterocycles. The SMILES string of the molecule is CNC(=O)CNc1cnc2c(n1)c(C(=O)OCC(C)(C)C(N)=O)cn2COCC[Si](C)(C)C. The van der Waals surface area contributed by atoms with Crippen molar-refractivity contribution in [3.05, 3.63) is 18.0 Å². The molecule has 0 saturated heterocycles. The number of likely N-dealkylation sites (N-methyl/N-ethyl adjacent to an activating group) is 1. The van der Waals surface area contributed by atoms with E-state index in [4.69, 9.17) is 15.2 Å². The number of hydrogen-bond donors (Lipinski definition) is 3. The second kappa shape index (κ2) is 10.7. The zero-order chi connectivity index (χ0) is 24.8. The molecule has 33 heavy (non-hydrogen) atoms. The lowest BCUT2D eigenvalue weighted by atomic mass is 9.94. The van der Waals surface area contributed by atoms with Crippen LogP contribution in [0.5, 0.6) is 0 Å². The largest absolute Gasteiger partial charge is 0.461 e. The fourth-order valence-corrected chi connectivity index (χ4v) is 3.34. The van der Waals surface area contributed by atoms with Crippen LogP contribution >= 0.6 is 0 Å². The highest BCUT2D eigenvalue weighted by molar-refractivity contribution is 6.76. The van der Waals surface area contributed by atoms with E-state index in [0.29, 0.717) is 23.6 Å². The first kappa shape index (κ1) is 26.3. The van der Waals surface area contributed by atoms with Gasteiger partial charge < -0.3 is 30.4 Å². The van der Waals surface area contributed by atoms with Gasteiger partial charge in [-0.1, -0.05) is 19.6 Å². The van der Waals surface area contributed by atoms with E-state index in [-0.39, 0.29) is 31.4 Å². The van der Waals surface area contributed by atoms with Crippen molar-refractivity contribution in [1.29, 1.82) is 0 Å². The minimum atomic E-state index is -1.24. The van der Waals surface area contributed by atoms with Gasteiger partial charge in [0.05, 0.1) is 18.2 Å². The Morgan fingerprint density at radius 2 is 1.94 bits per heavy atom. The van der Waals surface area contributed by atoms with Crippen molar-refractivity contribution in [2.45, 2.75) is 46.3 Å². The molecule has 0 bridgehead atoms. The van der Waals surface area contributed by atoms with E-state index in [1.54, 1.807) is 24.6 Å². The number of rotatable bonds is 12. The maximum atomic E-state index is 12.9. The van der Waals surface area contributed by atoms with E-state index in [1.807, 2.05) is 0 Å². The summed E-state index contributed by atoms with van der Waals surface area (Å²) in [4.78, 5) is 44.8. The van der Waals surface area contributed by atoms with Crippen molar-refractivity contribution in [2.75, 3.05) is 32.1 Å². The number of primary amides is 1. The van der Waals surface area contributed by atoms with Gasteiger partial charge in [-0.25, -0.2) is 14.8 Å². The molecule has 11 nitrogen and oxygen atoms in total. The van der Waals surface area contributed by atoms with Gasteiger partial charge in [0.25, 0.3) is 0 Å². The fourth-order valence-electron chi connectivity index (χ4n) is 2.58. The lowest BCUT2D eigenvalue weighted by Gasteiger charge is -2.19. The summed E-state index contributed by atoms with van der Waals surface area (Å²) in [5.74, 6) is -1.13. The topological polar surface area (TPSA) is 150 Å². The predicted octanol–water partition coefficient (Wildman–Crippen LogP) is 1.57. The lowest BCUT2D eigenvalue weighted by molar-refractivity contribution is -0.128. The standard InChI is InChI=1S/C21H34N6O5Si/c1-21(2,20(22)30)12-32-19(29)14-11-27(13-31-7-8-33(4,5)6)18-17(14)26-15(9-25-18)24-10-16(28)23-3/h9,11H,7-8,10,12-13H2,1-6H3,(H2,22,30)(H,23,28)(H,24,26). The lowest BCUT2D eigenvalue weighted by Crippen LogP contribution is -2.36. The summed E-state index contributed by atoms with van der Waals surface area (Å²) in [5, 5.41) is 5.37. The summed E-state index contributed by atoms with van der Waals surface area (Å²) in [7, 11) is 0.287. The third-order valence-corrected chi connectivity index (χ3v) is 6.66. The van der Waals surface area contributed by atoms with Crippen LogP contribution in [0.4, 0.5) is 5.82 Å². The molecule has 2 rings (SSSR count). The number of amides is 2. The van der Waals surface area contributed by atoms with Crippen molar-refractivity contribution in [1.82, 2.24) is 19.9 Å². The molecule has 0 saturated carbocycles. The smallest absolute Gasteiger partial charge is 0.342 e. The Hall–Kier alpha value is -2.99. The number of esters is 1. The Bertz CT molecular complexity index is 1010. The summed E-state index contributed by atoms with van der Waals surface area (Å²) < 4.78 is 12.9. The number of aromatic nitrogens is 3. The number of carbonyl (C=O) groups excluding carboxylic acids is 3. The van der Waals surface area contributed by atoms with Gasteiger partial charge in [0.1, 0.15) is 30.2 Å². The Morgan fingerprint density at radius 3 is 2.55 bits per heavy atom. The van der Waals surface area contributed by atoms with Crippen LogP contribution < -0.4 is 16.4 Å². The molecule has 0 radical (unpaired) electrons. The minimum absolute atomic E-state index is 0.00375. The quantitative estimate of drug-likeness (QED) is 0.236. The molecule has 12 heteroatoms. The summed E-state index contributed by atoms with van der Waals surface area (Å²) >= 11 is 0. The van der Waals surface area contributed by atoms with Gasteiger partial charge in [0.15, 0.2) is 5.65 Å². The molecular weight excluding hydrogens is 444 g/mol. The molecule has 0 aliphatic heterocycles. The van der Waals surface area contributed by atoms with Crippen LogP contribution in [0, 0.1) is 5.41 Å². The van der Waals surface area contributed by atoms with Crippen LogP contribution in [-0.2, 0) is 25.8 Å². The second-order valence-corrected chi connectivity index (χ2v) is 15.3. The molecular formula is C21H34N6O5Si.